The SMILES string of the molecule is CCNC(C)C1CCCN(CC2CCCC2)C1. The summed E-state index contributed by atoms with van der Waals surface area (Å²) in [7, 11) is 0. The van der Waals surface area contributed by atoms with Crippen molar-refractivity contribution in [2.45, 2.75) is 58.4 Å². The van der Waals surface area contributed by atoms with Gasteiger partial charge in [-0.3, -0.25) is 0 Å². The normalized spacial score (nSPS) is 29.6. The molecule has 0 aromatic rings. The zero-order valence-corrected chi connectivity index (χ0v) is 11.8. The first-order chi connectivity index (χ1) is 8.29. The molecule has 0 amide bonds. The van der Waals surface area contributed by atoms with Gasteiger partial charge in [-0.05, 0) is 57.5 Å². The van der Waals surface area contributed by atoms with Crippen LogP contribution in [0.25, 0.3) is 0 Å². The van der Waals surface area contributed by atoms with E-state index in [0.29, 0.717) is 6.04 Å². The van der Waals surface area contributed by atoms with Crippen molar-refractivity contribution in [1.29, 1.82) is 0 Å². The van der Waals surface area contributed by atoms with Crippen LogP contribution in [0.5, 0.6) is 0 Å². The van der Waals surface area contributed by atoms with Crippen molar-refractivity contribution >= 4 is 0 Å². The molecule has 1 aliphatic heterocycles. The Balaban J connectivity index is 1.75. The van der Waals surface area contributed by atoms with Crippen molar-refractivity contribution in [2.75, 3.05) is 26.2 Å². The first-order valence-corrected chi connectivity index (χ1v) is 7.75. The molecule has 1 saturated heterocycles. The molecule has 2 aliphatic rings. The lowest BCUT2D eigenvalue weighted by atomic mass is 9.91. The Morgan fingerprint density at radius 2 is 1.94 bits per heavy atom. The number of likely N-dealkylation sites (tertiary alicyclic amines) is 1. The Hall–Kier alpha value is -0.0800. The highest BCUT2D eigenvalue weighted by atomic mass is 15.1. The van der Waals surface area contributed by atoms with Gasteiger partial charge in [-0.25, -0.2) is 0 Å². The molecule has 100 valence electrons. The van der Waals surface area contributed by atoms with Crippen molar-refractivity contribution in [2.24, 2.45) is 11.8 Å². The van der Waals surface area contributed by atoms with E-state index in [1.165, 1.54) is 58.2 Å². The van der Waals surface area contributed by atoms with Crippen LogP contribution in [0.4, 0.5) is 0 Å². The molecule has 0 aromatic carbocycles. The second-order valence-electron chi connectivity index (χ2n) is 6.16. The second kappa shape index (κ2) is 6.75. The molecule has 1 saturated carbocycles. The zero-order chi connectivity index (χ0) is 12.1. The number of rotatable bonds is 5. The summed E-state index contributed by atoms with van der Waals surface area (Å²) in [4.78, 5) is 2.75. The molecule has 0 aromatic heterocycles. The summed E-state index contributed by atoms with van der Waals surface area (Å²) < 4.78 is 0. The van der Waals surface area contributed by atoms with E-state index in [1.807, 2.05) is 0 Å². The Kier molecular flexibility index (Phi) is 5.30. The minimum atomic E-state index is 0.700. The van der Waals surface area contributed by atoms with Gasteiger partial charge in [0.2, 0.25) is 0 Å². The van der Waals surface area contributed by atoms with Crippen molar-refractivity contribution < 1.29 is 0 Å². The lowest BCUT2D eigenvalue weighted by Gasteiger charge is -2.37. The molecule has 1 aliphatic carbocycles. The van der Waals surface area contributed by atoms with Crippen LogP contribution in [0, 0.1) is 11.8 Å². The first kappa shape index (κ1) is 13.4. The first-order valence-electron chi connectivity index (χ1n) is 7.75. The number of hydrogen-bond donors (Lipinski definition) is 1. The number of hydrogen-bond acceptors (Lipinski definition) is 2. The number of piperidine rings is 1. The average Bonchev–Trinajstić information content (AvgIpc) is 2.82. The number of nitrogens with one attached hydrogen (secondary N) is 1. The quantitative estimate of drug-likeness (QED) is 0.792. The molecule has 2 heteroatoms. The molecule has 0 bridgehead atoms. The van der Waals surface area contributed by atoms with Crippen LogP contribution in [-0.4, -0.2) is 37.1 Å². The summed E-state index contributed by atoms with van der Waals surface area (Å²) in [5.41, 5.74) is 0. The van der Waals surface area contributed by atoms with E-state index in [4.69, 9.17) is 0 Å². The molecule has 2 rings (SSSR count). The standard InChI is InChI=1S/C15H30N2/c1-3-16-13(2)15-9-6-10-17(12-15)11-14-7-4-5-8-14/h13-16H,3-12H2,1-2H3. The molecule has 2 nitrogen and oxygen atoms in total. The van der Waals surface area contributed by atoms with Crippen molar-refractivity contribution in [3.63, 3.8) is 0 Å². The van der Waals surface area contributed by atoms with E-state index >= 15 is 0 Å². The van der Waals surface area contributed by atoms with E-state index in [1.54, 1.807) is 0 Å². The van der Waals surface area contributed by atoms with Gasteiger partial charge in [0.1, 0.15) is 0 Å². The third kappa shape index (κ3) is 3.96. The summed E-state index contributed by atoms with van der Waals surface area (Å²) >= 11 is 0. The summed E-state index contributed by atoms with van der Waals surface area (Å²) in [6.45, 7) is 9.77. The second-order valence-corrected chi connectivity index (χ2v) is 6.16. The molecule has 1 heterocycles. The van der Waals surface area contributed by atoms with Crippen LogP contribution in [-0.2, 0) is 0 Å². The van der Waals surface area contributed by atoms with Gasteiger partial charge >= 0.3 is 0 Å². The molecule has 0 radical (unpaired) electrons. The van der Waals surface area contributed by atoms with Crippen molar-refractivity contribution in [3.8, 4) is 0 Å². The predicted octanol–water partition coefficient (Wildman–Crippen LogP) is 2.89. The smallest absolute Gasteiger partial charge is 0.00791 e. The molecule has 17 heavy (non-hydrogen) atoms. The molecular formula is C15H30N2. The predicted molar refractivity (Wildman–Crippen MR) is 74.3 cm³/mol. The monoisotopic (exact) mass is 238 g/mol. The van der Waals surface area contributed by atoms with Crippen LogP contribution in [0.1, 0.15) is 52.4 Å². The van der Waals surface area contributed by atoms with Crippen LogP contribution in [0.15, 0.2) is 0 Å². The van der Waals surface area contributed by atoms with E-state index in [9.17, 15) is 0 Å². The molecule has 1 N–H and O–H groups in total. The average molecular weight is 238 g/mol. The minimum absolute atomic E-state index is 0.700. The van der Waals surface area contributed by atoms with Gasteiger partial charge in [-0.15, -0.1) is 0 Å². The highest BCUT2D eigenvalue weighted by Gasteiger charge is 2.26. The Morgan fingerprint density at radius 3 is 2.65 bits per heavy atom. The fourth-order valence-corrected chi connectivity index (χ4v) is 3.71. The van der Waals surface area contributed by atoms with Gasteiger partial charge in [0, 0.05) is 19.1 Å². The molecule has 2 fully saturated rings. The van der Waals surface area contributed by atoms with Gasteiger partial charge < -0.3 is 10.2 Å². The summed E-state index contributed by atoms with van der Waals surface area (Å²) in [6.07, 6.45) is 8.78. The Bertz CT molecular complexity index is 211. The van der Waals surface area contributed by atoms with Crippen LogP contribution in [0.3, 0.4) is 0 Å². The van der Waals surface area contributed by atoms with E-state index in [0.717, 1.165) is 18.4 Å². The number of nitrogens with zero attached hydrogens (tertiary/aromatic N) is 1. The molecule has 2 unspecified atom stereocenters. The van der Waals surface area contributed by atoms with Crippen molar-refractivity contribution in [3.05, 3.63) is 0 Å². The zero-order valence-electron chi connectivity index (χ0n) is 11.8. The fraction of sp³-hybridized carbons (Fsp3) is 1.00. The highest BCUT2D eigenvalue weighted by molar-refractivity contribution is 4.82. The maximum Gasteiger partial charge on any atom is 0.00791 e. The van der Waals surface area contributed by atoms with Crippen LogP contribution < -0.4 is 5.32 Å². The maximum atomic E-state index is 3.60. The van der Waals surface area contributed by atoms with Crippen LogP contribution >= 0.6 is 0 Å². The van der Waals surface area contributed by atoms with Gasteiger partial charge in [0.05, 0.1) is 0 Å². The molecule has 2 atom stereocenters. The Morgan fingerprint density at radius 1 is 1.18 bits per heavy atom. The summed E-state index contributed by atoms with van der Waals surface area (Å²) in [6, 6.07) is 0.700. The van der Waals surface area contributed by atoms with Gasteiger partial charge in [0.25, 0.3) is 0 Å². The van der Waals surface area contributed by atoms with E-state index in [2.05, 4.69) is 24.1 Å². The van der Waals surface area contributed by atoms with Gasteiger partial charge in [-0.2, -0.15) is 0 Å². The minimum Gasteiger partial charge on any atom is -0.314 e. The van der Waals surface area contributed by atoms with Crippen LogP contribution in [0.2, 0.25) is 0 Å². The van der Waals surface area contributed by atoms with Gasteiger partial charge in [0.15, 0.2) is 0 Å². The van der Waals surface area contributed by atoms with Gasteiger partial charge in [-0.1, -0.05) is 19.8 Å². The Labute approximate surface area is 107 Å². The topological polar surface area (TPSA) is 15.3 Å². The summed E-state index contributed by atoms with van der Waals surface area (Å²) in [5, 5.41) is 3.60. The largest absolute Gasteiger partial charge is 0.314 e. The molecule has 0 spiro atoms. The fourth-order valence-electron chi connectivity index (χ4n) is 3.71. The van der Waals surface area contributed by atoms with E-state index in [-0.39, 0.29) is 0 Å². The molecular weight excluding hydrogens is 208 g/mol. The third-order valence-electron chi connectivity index (χ3n) is 4.77. The lowest BCUT2D eigenvalue weighted by molar-refractivity contribution is 0.133. The summed E-state index contributed by atoms with van der Waals surface area (Å²) in [5.74, 6) is 1.90. The third-order valence-corrected chi connectivity index (χ3v) is 4.77. The van der Waals surface area contributed by atoms with Crippen molar-refractivity contribution in [1.82, 2.24) is 10.2 Å². The highest BCUT2D eigenvalue weighted by Crippen LogP contribution is 2.28. The van der Waals surface area contributed by atoms with E-state index < -0.39 is 0 Å². The lowest BCUT2D eigenvalue weighted by Crippen LogP contribution is -2.45. The maximum absolute atomic E-state index is 3.60.